The third kappa shape index (κ3) is 8.04. The van der Waals surface area contributed by atoms with E-state index in [2.05, 4.69) is 39.8 Å². The summed E-state index contributed by atoms with van der Waals surface area (Å²) in [5.41, 5.74) is 0.538. The van der Waals surface area contributed by atoms with E-state index in [-0.39, 0.29) is 5.91 Å². The zero-order chi connectivity index (χ0) is 23.0. The third-order valence-corrected chi connectivity index (χ3v) is 4.71. The zero-order valence-corrected chi connectivity index (χ0v) is 19.0. The molecule has 2 rings (SSSR count). The number of amides is 1. The summed E-state index contributed by atoms with van der Waals surface area (Å²) in [5.74, 6) is 1.06. The number of anilines is 3. The Bertz CT molecular complexity index is 950. The molecule has 0 spiro atoms. The predicted molar refractivity (Wildman–Crippen MR) is 123 cm³/mol. The fourth-order valence-corrected chi connectivity index (χ4v) is 2.85. The SMILES string of the molecule is CC(C)CCNc1cc(Nc2ncc(C#N)cc2Cl)ncc1C(=O)NCCC(C)(C)O. The molecular weight excluding hydrogens is 416 g/mol. The van der Waals surface area contributed by atoms with E-state index in [1.165, 1.54) is 18.5 Å². The van der Waals surface area contributed by atoms with Crippen molar-refractivity contribution in [3.63, 3.8) is 0 Å². The molecule has 9 heteroatoms. The lowest BCUT2D eigenvalue weighted by Crippen LogP contribution is -2.31. The van der Waals surface area contributed by atoms with Gasteiger partial charge in [-0.05, 0) is 38.7 Å². The highest BCUT2D eigenvalue weighted by Gasteiger charge is 2.17. The van der Waals surface area contributed by atoms with Crippen LogP contribution in [0.2, 0.25) is 5.02 Å². The summed E-state index contributed by atoms with van der Waals surface area (Å²) in [4.78, 5) is 21.2. The topological polar surface area (TPSA) is 123 Å². The Morgan fingerprint density at radius 1 is 1.26 bits per heavy atom. The Balaban J connectivity index is 2.21. The van der Waals surface area contributed by atoms with Crippen LogP contribution in [-0.4, -0.2) is 39.7 Å². The van der Waals surface area contributed by atoms with Gasteiger partial charge in [-0.25, -0.2) is 9.97 Å². The number of aromatic nitrogens is 2. The molecule has 2 aromatic heterocycles. The van der Waals surface area contributed by atoms with Gasteiger partial charge in [0.15, 0.2) is 0 Å². The Hall–Kier alpha value is -2.89. The minimum atomic E-state index is -0.856. The number of carbonyl (C=O) groups excluding carboxylic acids is 1. The van der Waals surface area contributed by atoms with Crippen molar-refractivity contribution in [1.82, 2.24) is 15.3 Å². The Morgan fingerprint density at radius 2 is 2.00 bits per heavy atom. The second-order valence-corrected chi connectivity index (χ2v) is 8.74. The molecule has 0 saturated carbocycles. The van der Waals surface area contributed by atoms with Crippen molar-refractivity contribution in [1.29, 1.82) is 5.26 Å². The fraction of sp³-hybridized carbons (Fsp3) is 0.455. The van der Waals surface area contributed by atoms with E-state index in [4.69, 9.17) is 16.9 Å². The van der Waals surface area contributed by atoms with E-state index >= 15 is 0 Å². The van der Waals surface area contributed by atoms with Crippen LogP contribution >= 0.6 is 11.6 Å². The van der Waals surface area contributed by atoms with Crippen LogP contribution in [0, 0.1) is 17.2 Å². The summed E-state index contributed by atoms with van der Waals surface area (Å²) in [5, 5.41) is 28.2. The first-order valence-corrected chi connectivity index (χ1v) is 10.5. The van der Waals surface area contributed by atoms with Crippen LogP contribution in [0.1, 0.15) is 56.5 Å². The van der Waals surface area contributed by atoms with Crippen LogP contribution in [0.4, 0.5) is 17.3 Å². The molecular formula is C22H29ClN6O2. The van der Waals surface area contributed by atoms with E-state index in [9.17, 15) is 9.90 Å². The van der Waals surface area contributed by atoms with Crippen molar-refractivity contribution >= 4 is 34.8 Å². The lowest BCUT2D eigenvalue weighted by atomic mass is 10.1. The number of pyridine rings is 2. The number of rotatable bonds is 10. The van der Waals surface area contributed by atoms with Gasteiger partial charge in [0.1, 0.15) is 17.7 Å². The number of hydrogen-bond donors (Lipinski definition) is 4. The molecule has 31 heavy (non-hydrogen) atoms. The minimum Gasteiger partial charge on any atom is -0.390 e. The lowest BCUT2D eigenvalue weighted by molar-refractivity contribution is 0.0693. The predicted octanol–water partition coefficient (Wildman–Crippen LogP) is 4.09. The van der Waals surface area contributed by atoms with Crippen molar-refractivity contribution in [3.8, 4) is 6.07 Å². The highest BCUT2D eigenvalue weighted by molar-refractivity contribution is 6.33. The molecule has 166 valence electrons. The second kappa shape index (κ2) is 10.9. The molecule has 8 nitrogen and oxygen atoms in total. The van der Waals surface area contributed by atoms with E-state index in [1.54, 1.807) is 19.9 Å². The number of carbonyl (C=O) groups is 1. The van der Waals surface area contributed by atoms with Gasteiger partial charge in [-0.3, -0.25) is 4.79 Å². The molecule has 4 N–H and O–H groups in total. The van der Waals surface area contributed by atoms with Crippen LogP contribution in [0.3, 0.4) is 0 Å². The van der Waals surface area contributed by atoms with Gasteiger partial charge >= 0.3 is 0 Å². The number of nitrogens with one attached hydrogen (secondary N) is 3. The number of aliphatic hydroxyl groups is 1. The summed E-state index contributed by atoms with van der Waals surface area (Å²) in [6.45, 7) is 8.69. The number of nitrogens with zero attached hydrogens (tertiary/aromatic N) is 3. The maximum Gasteiger partial charge on any atom is 0.254 e. The van der Waals surface area contributed by atoms with Gasteiger partial charge < -0.3 is 21.1 Å². The van der Waals surface area contributed by atoms with Crippen molar-refractivity contribution in [2.24, 2.45) is 5.92 Å². The highest BCUT2D eigenvalue weighted by Crippen LogP contribution is 2.26. The third-order valence-electron chi connectivity index (χ3n) is 4.42. The largest absolute Gasteiger partial charge is 0.390 e. The van der Waals surface area contributed by atoms with Gasteiger partial charge in [0.2, 0.25) is 0 Å². The molecule has 0 aliphatic rings. The van der Waals surface area contributed by atoms with E-state index in [1.807, 2.05) is 6.07 Å². The molecule has 0 bridgehead atoms. The molecule has 2 aromatic rings. The van der Waals surface area contributed by atoms with Gasteiger partial charge in [0.05, 0.1) is 27.4 Å². The molecule has 0 aliphatic carbocycles. The average Bonchev–Trinajstić information content (AvgIpc) is 2.68. The molecule has 0 aromatic carbocycles. The van der Waals surface area contributed by atoms with Gasteiger partial charge in [-0.2, -0.15) is 5.26 Å². The van der Waals surface area contributed by atoms with E-state index in [0.29, 0.717) is 58.9 Å². The van der Waals surface area contributed by atoms with Crippen molar-refractivity contribution in [2.45, 2.75) is 46.1 Å². The van der Waals surface area contributed by atoms with Crippen LogP contribution in [0.15, 0.2) is 24.5 Å². The first-order chi connectivity index (χ1) is 14.6. The smallest absolute Gasteiger partial charge is 0.254 e. The van der Waals surface area contributed by atoms with Crippen molar-refractivity contribution in [3.05, 3.63) is 40.7 Å². The fourth-order valence-electron chi connectivity index (χ4n) is 2.64. The lowest BCUT2D eigenvalue weighted by Gasteiger charge is -2.18. The van der Waals surface area contributed by atoms with Gasteiger partial charge in [-0.15, -0.1) is 0 Å². The quantitative estimate of drug-likeness (QED) is 0.435. The number of hydrogen-bond acceptors (Lipinski definition) is 7. The minimum absolute atomic E-state index is 0.273. The first kappa shape index (κ1) is 24.4. The summed E-state index contributed by atoms with van der Waals surface area (Å²) in [6.07, 6.45) is 4.27. The Morgan fingerprint density at radius 3 is 2.61 bits per heavy atom. The summed E-state index contributed by atoms with van der Waals surface area (Å²) < 4.78 is 0. The molecule has 0 unspecified atom stereocenters. The molecule has 1 amide bonds. The van der Waals surface area contributed by atoms with E-state index in [0.717, 1.165) is 6.42 Å². The second-order valence-electron chi connectivity index (χ2n) is 8.33. The number of nitriles is 1. The van der Waals surface area contributed by atoms with Crippen LogP contribution in [-0.2, 0) is 0 Å². The summed E-state index contributed by atoms with van der Waals surface area (Å²) in [7, 11) is 0. The summed E-state index contributed by atoms with van der Waals surface area (Å²) >= 11 is 6.19. The van der Waals surface area contributed by atoms with E-state index < -0.39 is 5.60 Å². The van der Waals surface area contributed by atoms with Gasteiger partial charge in [0.25, 0.3) is 5.91 Å². The highest BCUT2D eigenvalue weighted by atomic mass is 35.5. The first-order valence-electron chi connectivity index (χ1n) is 10.2. The average molecular weight is 445 g/mol. The maximum absolute atomic E-state index is 12.7. The molecule has 2 heterocycles. The van der Waals surface area contributed by atoms with Gasteiger partial charge in [0, 0.05) is 31.5 Å². The van der Waals surface area contributed by atoms with Crippen LogP contribution in [0.5, 0.6) is 0 Å². The van der Waals surface area contributed by atoms with Gasteiger partial charge in [-0.1, -0.05) is 25.4 Å². The normalized spacial score (nSPS) is 11.2. The Labute approximate surface area is 188 Å². The number of halogens is 1. The monoisotopic (exact) mass is 444 g/mol. The summed E-state index contributed by atoms with van der Waals surface area (Å²) in [6, 6.07) is 5.23. The maximum atomic E-state index is 12.7. The molecule has 0 fully saturated rings. The molecule has 0 saturated heterocycles. The standard InChI is InChI=1S/C22H29ClN6O2/c1-14(2)5-7-25-18-10-19(29-20-17(23)9-15(11-24)12-28-20)27-13-16(18)21(30)26-8-6-22(3,4)31/h9-10,12-14,31H,5-8H2,1-4H3,(H,26,30)(H2,25,27,28,29). The van der Waals surface area contributed by atoms with Crippen molar-refractivity contribution < 1.29 is 9.90 Å². The Kier molecular flexibility index (Phi) is 8.60. The van der Waals surface area contributed by atoms with Crippen LogP contribution < -0.4 is 16.0 Å². The molecule has 0 aliphatic heterocycles. The zero-order valence-electron chi connectivity index (χ0n) is 18.3. The molecule has 0 radical (unpaired) electrons. The van der Waals surface area contributed by atoms with Crippen molar-refractivity contribution in [2.75, 3.05) is 23.7 Å². The molecule has 0 atom stereocenters. The van der Waals surface area contributed by atoms with Crippen LogP contribution in [0.25, 0.3) is 0 Å².